The molecule has 0 saturated carbocycles. The predicted octanol–water partition coefficient (Wildman–Crippen LogP) is 1.29. The third-order valence-corrected chi connectivity index (χ3v) is 4.30. The number of sulfonamides is 1. The highest BCUT2D eigenvalue weighted by atomic mass is 32.2. The van der Waals surface area contributed by atoms with E-state index in [1.54, 1.807) is 37.4 Å². The van der Waals surface area contributed by atoms with Crippen LogP contribution < -0.4 is 14.2 Å². The van der Waals surface area contributed by atoms with Gasteiger partial charge >= 0.3 is 0 Å². The zero-order valence-electron chi connectivity index (χ0n) is 13.0. The van der Waals surface area contributed by atoms with Crippen molar-refractivity contribution in [2.75, 3.05) is 19.5 Å². The van der Waals surface area contributed by atoms with Gasteiger partial charge in [0.1, 0.15) is 24.4 Å². The Labute approximate surface area is 135 Å². The first-order valence-electron chi connectivity index (χ1n) is 7.00. The summed E-state index contributed by atoms with van der Waals surface area (Å²) in [6.45, 7) is 2.01. The predicted molar refractivity (Wildman–Crippen MR) is 85.9 cm³/mol. The molecule has 0 amide bonds. The lowest BCUT2D eigenvalue weighted by Gasteiger charge is -2.09. The van der Waals surface area contributed by atoms with Gasteiger partial charge in [-0.1, -0.05) is 0 Å². The Morgan fingerprint density at radius 3 is 2.48 bits per heavy atom. The number of methoxy groups -OCH3 is 1. The first-order valence-corrected chi connectivity index (χ1v) is 8.65. The highest BCUT2D eigenvalue weighted by Gasteiger charge is 2.11. The third kappa shape index (κ3) is 5.84. The van der Waals surface area contributed by atoms with Crippen LogP contribution in [0, 0.1) is 6.92 Å². The molecule has 1 aromatic heterocycles. The summed E-state index contributed by atoms with van der Waals surface area (Å²) in [5, 5.41) is 0. The van der Waals surface area contributed by atoms with E-state index < -0.39 is 10.0 Å². The average molecular weight is 337 g/mol. The molecule has 2 aromatic rings. The Kier molecular flexibility index (Phi) is 5.89. The molecule has 23 heavy (non-hydrogen) atoms. The molecule has 8 heteroatoms. The normalized spacial score (nSPS) is 11.2. The Morgan fingerprint density at radius 1 is 1.13 bits per heavy atom. The van der Waals surface area contributed by atoms with Gasteiger partial charge in [-0.05, 0) is 37.3 Å². The molecule has 0 aliphatic carbocycles. The van der Waals surface area contributed by atoms with E-state index in [2.05, 4.69) is 14.7 Å². The van der Waals surface area contributed by atoms with Gasteiger partial charge in [-0.25, -0.2) is 23.1 Å². The first-order chi connectivity index (χ1) is 11.0. The van der Waals surface area contributed by atoms with Gasteiger partial charge in [0.05, 0.1) is 25.1 Å². The summed E-state index contributed by atoms with van der Waals surface area (Å²) in [5.74, 6) is 1.17. The van der Waals surface area contributed by atoms with Crippen molar-refractivity contribution in [2.45, 2.75) is 13.5 Å². The Hall–Kier alpha value is -2.19. The second-order valence-corrected chi connectivity index (χ2v) is 6.74. The van der Waals surface area contributed by atoms with E-state index in [4.69, 9.17) is 9.47 Å². The summed E-state index contributed by atoms with van der Waals surface area (Å²) < 4.78 is 36.8. The second-order valence-electron chi connectivity index (χ2n) is 4.81. The van der Waals surface area contributed by atoms with E-state index in [1.807, 2.05) is 6.92 Å². The number of nitrogens with one attached hydrogen (secondary N) is 1. The number of benzene rings is 1. The Morgan fingerprint density at radius 2 is 1.83 bits per heavy atom. The number of aromatic nitrogens is 2. The van der Waals surface area contributed by atoms with E-state index in [0.717, 1.165) is 5.69 Å². The van der Waals surface area contributed by atoms with Crippen LogP contribution in [0.4, 0.5) is 0 Å². The fourth-order valence-corrected chi connectivity index (χ4v) is 2.62. The van der Waals surface area contributed by atoms with Crippen molar-refractivity contribution in [2.24, 2.45) is 0 Å². The van der Waals surface area contributed by atoms with E-state index in [9.17, 15) is 8.42 Å². The van der Waals surface area contributed by atoms with Crippen molar-refractivity contribution in [1.29, 1.82) is 0 Å². The van der Waals surface area contributed by atoms with Crippen molar-refractivity contribution in [3.8, 4) is 11.5 Å². The molecule has 0 aliphatic heterocycles. The molecule has 1 aromatic carbocycles. The van der Waals surface area contributed by atoms with Crippen molar-refractivity contribution in [3.05, 3.63) is 48.0 Å². The largest absolute Gasteiger partial charge is 0.497 e. The highest BCUT2D eigenvalue weighted by molar-refractivity contribution is 7.89. The van der Waals surface area contributed by atoms with Crippen molar-refractivity contribution in [1.82, 2.24) is 14.7 Å². The standard InChI is InChI=1S/C15H19N3O4S/c1-12-9-13(17-11-16-12)10-18-23(19,20)8-7-22-15-5-3-14(21-2)4-6-15/h3-6,9,11,18H,7-8,10H2,1-2H3. The summed E-state index contributed by atoms with van der Waals surface area (Å²) >= 11 is 0. The van der Waals surface area contributed by atoms with Gasteiger partial charge in [-0.15, -0.1) is 0 Å². The topological polar surface area (TPSA) is 90.4 Å². The fraction of sp³-hybridized carbons (Fsp3) is 0.333. The third-order valence-electron chi connectivity index (χ3n) is 3.01. The van der Waals surface area contributed by atoms with E-state index in [-0.39, 0.29) is 18.9 Å². The molecule has 1 heterocycles. The lowest BCUT2D eigenvalue weighted by atomic mass is 10.3. The van der Waals surface area contributed by atoms with Crippen LogP contribution in [0.2, 0.25) is 0 Å². The molecule has 7 nitrogen and oxygen atoms in total. The lowest BCUT2D eigenvalue weighted by molar-refractivity contribution is 0.339. The SMILES string of the molecule is COc1ccc(OCCS(=O)(=O)NCc2cc(C)ncn2)cc1. The monoisotopic (exact) mass is 337 g/mol. The van der Waals surface area contributed by atoms with Gasteiger partial charge in [-0.2, -0.15) is 0 Å². The minimum atomic E-state index is -3.44. The van der Waals surface area contributed by atoms with Crippen molar-refractivity contribution < 1.29 is 17.9 Å². The average Bonchev–Trinajstić information content (AvgIpc) is 2.54. The van der Waals surface area contributed by atoms with Gasteiger partial charge < -0.3 is 9.47 Å². The number of nitrogens with zero attached hydrogens (tertiary/aromatic N) is 2. The molecular weight excluding hydrogens is 318 g/mol. The van der Waals surface area contributed by atoms with Crippen LogP contribution in [0.1, 0.15) is 11.4 Å². The number of hydrogen-bond acceptors (Lipinski definition) is 6. The number of rotatable bonds is 8. The summed E-state index contributed by atoms with van der Waals surface area (Å²) in [7, 11) is -1.86. The molecule has 2 rings (SSSR count). The molecule has 0 radical (unpaired) electrons. The van der Waals surface area contributed by atoms with Gasteiger partial charge in [-0.3, -0.25) is 0 Å². The zero-order chi connectivity index (χ0) is 16.7. The van der Waals surface area contributed by atoms with Gasteiger partial charge in [0.25, 0.3) is 0 Å². The van der Waals surface area contributed by atoms with E-state index >= 15 is 0 Å². The maximum absolute atomic E-state index is 11.9. The second kappa shape index (κ2) is 7.89. The minimum absolute atomic E-state index is 0.0600. The quantitative estimate of drug-likeness (QED) is 0.781. The van der Waals surface area contributed by atoms with Crippen LogP contribution in [0.3, 0.4) is 0 Å². The van der Waals surface area contributed by atoms with Crippen molar-refractivity contribution >= 4 is 10.0 Å². The Bertz CT molecular complexity index is 733. The van der Waals surface area contributed by atoms with E-state index in [0.29, 0.717) is 17.2 Å². The molecule has 0 saturated heterocycles. The van der Waals surface area contributed by atoms with Crippen LogP contribution in [0.25, 0.3) is 0 Å². The molecule has 0 unspecified atom stereocenters. The fourth-order valence-electron chi connectivity index (χ4n) is 1.80. The van der Waals surface area contributed by atoms with E-state index in [1.165, 1.54) is 6.33 Å². The van der Waals surface area contributed by atoms with Crippen LogP contribution in [0.5, 0.6) is 11.5 Å². The Balaban J connectivity index is 1.79. The molecule has 124 valence electrons. The zero-order valence-corrected chi connectivity index (χ0v) is 13.8. The molecule has 0 aliphatic rings. The lowest BCUT2D eigenvalue weighted by Crippen LogP contribution is -2.29. The molecule has 0 bridgehead atoms. The first kappa shape index (κ1) is 17.2. The van der Waals surface area contributed by atoms with Gasteiger partial charge in [0, 0.05) is 5.69 Å². The van der Waals surface area contributed by atoms with Crippen molar-refractivity contribution in [3.63, 3.8) is 0 Å². The summed E-state index contributed by atoms with van der Waals surface area (Å²) in [6, 6.07) is 8.68. The van der Waals surface area contributed by atoms with Crippen LogP contribution in [0.15, 0.2) is 36.7 Å². The molecule has 0 fully saturated rings. The summed E-state index contributed by atoms with van der Waals surface area (Å²) in [5.41, 5.74) is 1.41. The highest BCUT2D eigenvalue weighted by Crippen LogP contribution is 2.16. The van der Waals surface area contributed by atoms with Gasteiger partial charge in [0.15, 0.2) is 0 Å². The number of aryl methyl sites for hydroxylation is 1. The maximum Gasteiger partial charge on any atom is 0.215 e. The van der Waals surface area contributed by atoms with Crippen LogP contribution in [-0.4, -0.2) is 37.9 Å². The minimum Gasteiger partial charge on any atom is -0.497 e. The molecular formula is C15H19N3O4S. The maximum atomic E-state index is 11.9. The van der Waals surface area contributed by atoms with Gasteiger partial charge in [0.2, 0.25) is 10.0 Å². The molecule has 1 N–H and O–H groups in total. The number of hydrogen-bond donors (Lipinski definition) is 1. The van der Waals surface area contributed by atoms with Crippen LogP contribution in [-0.2, 0) is 16.6 Å². The van der Waals surface area contributed by atoms with Crippen LogP contribution >= 0.6 is 0 Å². The number of ether oxygens (including phenoxy) is 2. The summed E-state index contributed by atoms with van der Waals surface area (Å²) in [4.78, 5) is 7.97. The summed E-state index contributed by atoms with van der Waals surface area (Å²) in [6.07, 6.45) is 1.41. The molecule has 0 spiro atoms. The smallest absolute Gasteiger partial charge is 0.215 e. The molecule has 0 atom stereocenters.